The number of aromatic hydroxyl groups is 1. The van der Waals surface area contributed by atoms with E-state index >= 15 is 0 Å². The molecule has 9 heteroatoms. The van der Waals surface area contributed by atoms with Gasteiger partial charge in [-0.1, -0.05) is 46.9 Å². The highest BCUT2D eigenvalue weighted by atomic mass is 35.5. The highest BCUT2D eigenvalue weighted by Gasteiger charge is 2.18. The molecule has 2 atom stereocenters. The quantitative estimate of drug-likeness (QED) is 0.297. The average Bonchev–Trinajstić information content (AvgIpc) is 2.71. The second kappa shape index (κ2) is 11.6. The van der Waals surface area contributed by atoms with Crippen LogP contribution in [0.1, 0.15) is 31.1 Å². The van der Waals surface area contributed by atoms with Crippen molar-refractivity contribution < 1.29 is 19.7 Å². The van der Waals surface area contributed by atoms with Crippen molar-refractivity contribution in [3.8, 4) is 5.75 Å². The maximum atomic E-state index is 11.5. The molecule has 0 heterocycles. The molecule has 4 N–H and O–H groups in total. The number of phenols is 1. The molecule has 0 aliphatic rings. The van der Waals surface area contributed by atoms with Gasteiger partial charge in [0.1, 0.15) is 12.3 Å². The van der Waals surface area contributed by atoms with Gasteiger partial charge in [-0.25, -0.2) is 0 Å². The molecular weight excluding hydrogens is 451 g/mol. The van der Waals surface area contributed by atoms with E-state index in [2.05, 4.69) is 10.6 Å². The number of carbonyl (C=O) groups excluding carboxylic acids is 1. The molecule has 0 bridgehead atoms. The lowest BCUT2D eigenvalue weighted by Gasteiger charge is -2.21. The van der Waals surface area contributed by atoms with E-state index in [1.807, 2.05) is 6.92 Å². The zero-order valence-corrected chi connectivity index (χ0v) is 19.0. The van der Waals surface area contributed by atoms with Crippen LogP contribution < -0.4 is 10.6 Å². The number of rotatable bonds is 10. The van der Waals surface area contributed by atoms with E-state index in [1.165, 1.54) is 12.1 Å². The fourth-order valence-electron chi connectivity index (χ4n) is 2.87. The van der Waals surface area contributed by atoms with Gasteiger partial charge in [0.2, 0.25) is 0 Å². The van der Waals surface area contributed by atoms with Crippen molar-refractivity contribution in [2.45, 2.75) is 32.4 Å². The Labute approximate surface area is 191 Å². The first-order valence-corrected chi connectivity index (χ1v) is 10.6. The van der Waals surface area contributed by atoms with Crippen LogP contribution in [-0.2, 0) is 16.0 Å². The molecule has 2 aromatic rings. The fraction of sp³-hybridized carbons (Fsp3) is 0.381. The Kier molecular flexibility index (Phi) is 9.52. The van der Waals surface area contributed by atoms with Gasteiger partial charge in [0.25, 0.3) is 0 Å². The molecule has 0 unspecified atom stereocenters. The number of ether oxygens (including phenoxy) is 1. The molecule has 0 amide bonds. The highest BCUT2D eigenvalue weighted by Crippen LogP contribution is 2.39. The van der Waals surface area contributed by atoms with E-state index < -0.39 is 12.1 Å². The van der Waals surface area contributed by atoms with Crippen molar-refractivity contribution >= 4 is 46.5 Å². The Hall–Kier alpha value is -1.70. The van der Waals surface area contributed by atoms with Crippen molar-refractivity contribution in [2.24, 2.45) is 0 Å². The van der Waals surface area contributed by atoms with Crippen molar-refractivity contribution in [3.05, 3.63) is 56.5 Å². The largest absolute Gasteiger partial charge is 0.508 e. The number of hydrogen-bond acceptors (Lipinski definition) is 6. The second-order valence-electron chi connectivity index (χ2n) is 6.71. The number of aliphatic hydroxyl groups is 1. The van der Waals surface area contributed by atoms with E-state index in [4.69, 9.17) is 39.5 Å². The summed E-state index contributed by atoms with van der Waals surface area (Å²) in [5, 5.41) is 26.8. The molecule has 0 saturated carbocycles. The van der Waals surface area contributed by atoms with Crippen LogP contribution in [0.2, 0.25) is 15.1 Å². The zero-order chi connectivity index (χ0) is 22.3. The zero-order valence-electron chi connectivity index (χ0n) is 16.7. The molecule has 0 aromatic heterocycles. The van der Waals surface area contributed by atoms with Crippen molar-refractivity contribution in [3.63, 3.8) is 0 Å². The molecule has 6 nitrogen and oxygen atoms in total. The van der Waals surface area contributed by atoms with Gasteiger partial charge in [-0.2, -0.15) is 0 Å². The molecular formula is C21H25Cl3N2O4. The van der Waals surface area contributed by atoms with Gasteiger partial charge in [0, 0.05) is 6.04 Å². The molecule has 0 fully saturated rings. The lowest BCUT2D eigenvalue weighted by Crippen LogP contribution is -2.33. The summed E-state index contributed by atoms with van der Waals surface area (Å²) in [6.45, 7) is 4.33. The van der Waals surface area contributed by atoms with E-state index in [1.54, 1.807) is 25.1 Å². The number of hydrogen-bond donors (Lipinski definition) is 4. The van der Waals surface area contributed by atoms with Crippen LogP contribution in [0.3, 0.4) is 0 Å². The maximum Gasteiger partial charge on any atom is 0.325 e. The van der Waals surface area contributed by atoms with E-state index in [9.17, 15) is 15.0 Å². The van der Waals surface area contributed by atoms with Crippen molar-refractivity contribution in [1.82, 2.24) is 5.32 Å². The summed E-state index contributed by atoms with van der Waals surface area (Å²) in [7, 11) is 0. The third-order valence-electron chi connectivity index (χ3n) is 4.52. The van der Waals surface area contributed by atoms with Crippen LogP contribution in [0.25, 0.3) is 0 Å². The summed E-state index contributed by atoms with van der Waals surface area (Å²) in [6.07, 6.45) is -0.203. The summed E-state index contributed by atoms with van der Waals surface area (Å²) in [4.78, 5) is 11.5. The predicted octanol–water partition coefficient (Wildman–Crippen LogP) is 4.58. The minimum absolute atomic E-state index is 0.0722. The number of phenolic OH excluding ortho intramolecular Hbond substituents is 1. The Balaban J connectivity index is 1.96. The number of benzene rings is 2. The predicted molar refractivity (Wildman–Crippen MR) is 121 cm³/mol. The first-order valence-electron chi connectivity index (χ1n) is 9.50. The van der Waals surface area contributed by atoms with Crippen LogP contribution in [0.4, 0.5) is 5.69 Å². The van der Waals surface area contributed by atoms with Gasteiger partial charge in [0.15, 0.2) is 0 Å². The molecule has 2 rings (SSSR count). The summed E-state index contributed by atoms with van der Waals surface area (Å²) < 4.78 is 4.87. The van der Waals surface area contributed by atoms with Gasteiger partial charge >= 0.3 is 5.97 Å². The van der Waals surface area contributed by atoms with E-state index in [0.29, 0.717) is 34.3 Å². The first kappa shape index (κ1) is 24.6. The lowest BCUT2D eigenvalue weighted by atomic mass is 10.0. The average molecular weight is 476 g/mol. The number of nitrogens with one attached hydrogen (secondary N) is 2. The summed E-state index contributed by atoms with van der Waals surface area (Å²) in [5.41, 5.74) is 1.82. The third kappa shape index (κ3) is 6.65. The number of anilines is 1. The minimum Gasteiger partial charge on any atom is -0.508 e. The van der Waals surface area contributed by atoms with Crippen LogP contribution >= 0.6 is 34.8 Å². The monoisotopic (exact) mass is 474 g/mol. The molecule has 164 valence electrons. The van der Waals surface area contributed by atoms with Gasteiger partial charge in [-0.05, 0) is 56.1 Å². The first-order chi connectivity index (χ1) is 14.2. The van der Waals surface area contributed by atoms with Crippen LogP contribution in [0.15, 0.2) is 30.3 Å². The number of halogens is 3. The Morgan fingerprint density at radius 2 is 1.83 bits per heavy atom. The molecule has 2 aromatic carbocycles. The van der Waals surface area contributed by atoms with E-state index in [0.717, 1.165) is 5.56 Å². The smallest absolute Gasteiger partial charge is 0.325 e. The minimum atomic E-state index is -0.734. The fourth-order valence-corrected chi connectivity index (χ4v) is 3.74. The molecule has 30 heavy (non-hydrogen) atoms. The van der Waals surface area contributed by atoms with Gasteiger partial charge in [-0.3, -0.25) is 4.79 Å². The maximum absolute atomic E-state index is 11.5. The standard InChI is InChI=1S/C21H25Cl3N2O4/c1-3-30-17(28)11-26-20-16(22)10-14(18(23)19(20)24)8-9-25-12(2)21(29)13-4-6-15(27)7-5-13/h4-7,10,12,21,25-27,29H,3,8-9,11H2,1-2H3/t12-,21+/m0/s1. The van der Waals surface area contributed by atoms with Crippen LogP contribution in [-0.4, -0.2) is 41.9 Å². The second-order valence-corrected chi connectivity index (χ2v) is 7.87. The Morgan fingerprint density at radius 1 is 1.17 bits per heavy atom. The number of esters is 1. The number of aliphatic hydroxyl groups excluding tert-OH is 1. The molecule has 0 saturated heterocycles. The number of carbonyl (C=O) groups is 1. The normalized spacial score (nSPS) is 13.0. The van der Waals surface area contributed by atoms with Crippen LogP contribution in [0.5, 0.6) is 5.75 Å². The van der Waals surface area contributed by atoms with Gasteiger partial charge in [0.05, 0.1) is 33.5 Å². The molecule has 0 radical (unpaired) electrons. The Bertz CT molecular complexity index is 862. The van der Waals surface area contributed by atoms with Crippen molar-refractivity contribution in [2.75, 3.05) is 25.0 Å². The summed E-state index contributed by atoms with van der Waals surface area (Å²) in [5.74, 6) is -0.273. The molecule has 0 aliphatic carbocycles. The third-order valence-corrected chi connectivity index (χ3v) is 5.72. The highest BCUT2D eigenvalue weighted by molar-refractivity contribution is 6.46. The lowest BCUT2D eigenvalue weighted by molar-refractivity contribution is -0.140. The van der Waals surface area contributed by atoms with Crippen LogP contribution in [0, 0.1) is 0 Å². The molecule has 0 spiro atoms. The van der Waals surface area contributed by atoms with Crippen molar-refractivity contribution in [1.29, 1.82) is 0 Å². The summed E-state index contributed by atoms with van der Waals surface area (Å²) in [6, 6.07) is 7.89. The van der Waals surface area contributed by atoms with Gasteiger partial charge in [-0.15, -0.1) is 0 Å². The van der Waals surface area contributed by atoms with Gasteiger partial charge < -0.3 is 25.6 Å². The van der Waals surface area contributed by atoms with E-state index in [-0.39, 0.29) is 30.0 Å². The SMILES string of the molecule is CCOC(=O)CNc1c(Cl)cc(CCN[C@@H](C)[C@@H](O)c2ccc(O)cc2)c(Cl)c1Cl. The summed E-state index contributed by atoms with van der Waals surface area (Å²) >= 11 is 19.0. The molecule has 0 aliphatic heterocycles. The Morgan fingerprint density at radius 3 is 2.47 bits per heavy atom. The topological polar surface area (TPSA) is 90.8 Å².